The normalized spacial score (nSPS) is 19.0. The molecule has 0 amide bonds. The van der Waals surface area contributed by atoms with Crippen molar-refractivity contribution >= 4 is 0 Å². The lowest BCUT2D eigenvalue weighted by Gasteiger charge is -2.15. The van der Waals surface area contributed by atoms with Crippen molar-refractivity contribution in [1.82, 2.24) is 15.5 Å². The highest BCUT2D eigenvalue weighted by molar-refractivity contribution is 5.13. The minimum atomic E-state index is 0.724. The van der Waals surface area contributed by atoms with Gasteiger partial charge in [0.05, 0.1) is 6.20 Å². The lowest BCUT2D eigenvalue weighted by atomic mass is 10.1. The minimum Gasteiger partial charge on any atom is -0.310 e. The van der Waals surface area contributed by atoms with Gasteiger partial charge < -0.3 is 5.32 Å². The number of aromatic nitrogens is 2. The lowest BCUT2D eigenvalue weighted by Crippen LogP contribution is -2.27. The maximum absolute atomic E-state index is 4.04. The molecular weight excluding hydrogens is 186 g/mol. The van der Waals surface area contributed by atoms with E-state index in [4.69, 9.17) is 0 Å². The Kier molecular flexibility index (Phi) is 3.78. The van der Waals surface area contributed by atoms with Gasteiger partial charge in [-0.3, -0.25) is 5.10 Å². The number of nitrogens with one attached hydrogen (secondary N) is 2. The minimum absolute atomic E-state index is 0.724. The van der Waals surface area contributed by atoms with E-state index in [1.54, 1.807) is 0 Å². The van der Waals surface area contributed by atoms with Crippen LogP contribution in [0.2, 0.25) is 0 Å². The van der Waals surface area contributed by atoms with Crippen molar-refractivity contribution in [2.75, 3.05) is 0 Å². The third-order valence-electron chi connectivity index (χ3n) is 3.37. The summed E-state index contributed by atoms with van der Waals surface area (Å²) in [6.45, 7) is 3.05. The molecule has 1 fully saturated rings. The van der Waals surface area contributed by atoms with Crippen LogP contribution in [0.5, 0.6) is 0 Å². The number of nitrogens with zero attached hydrogens (tertiary/aromatic N) is 1. The van der Waals surface area contributed by atoms with Crippen molar-refractivity contribution in [3.05, 3.63) is 17.5 Å². The molecule has 84 valence electrons. The summed E-state index contributed by atoms with van der Waals surface area (Å²) < 4.78 is 0. The van der Waals surface area contributed by atoms with Crippen molar-refractivity contribution in [3.63, 3.8) is 0 Å². The molecule has 3 nitrogen and oxygen atoms in total. The second kappa shape index (κ2) is 5.31. The van der Waals surface area contributed by atoms with E-state index in [0.29, 0.717) is 0 Å². The molecule has 1 saturated carbocycles. The molecule has 1 aromatic rings. The van der Waals surface area contributed by atoms with E-state index in [-0.39, 0.29) is 0 Å². The van der Waals surface area contributed by atoms with Crippen LogP contribution in [0.25, 0.3) is 0 Å². The van der Waals surface area contributed by atoms with Gasteiger partial charge in [0, 0.05) is 23.8 Å². The Morgan fingerprint density at radius 1 is 1.33 bits per heavy atom. The summed E-state index contributed by atoms with van der Waals surface area (Å²) >= 11 is 0. The molecule has 0 aromatic carbocycles. The first-order valence-electron chi connectivity index (χ1n) is 6.08. The fraction of sp³-hybridized carbons (Fsp3) is 0.750. The summed E-state index contributed by atoms with van der Waals surface area (Å²) in [7, 11) is 0. The van der Waals surface area contributed by atoms with E-state index in [1.807, 2.05) is 6.20 Å². The summed E-state index contributed by atoms with van der Waals surface area (Å²) in [4.78, 5) is 0. The zero-order chi connectivity index (χ0) is 10.5. The number of hydrogen-bond acceptors (Lipinski definition) is 2. The highest BCUT2D eigenvalue weighted by Gasteiger charge is 2.11. The fourth-order valence-electron chi connectivity index (χ4n) is 2.29. The number of hydrogen-bond donors (Lipinski definition) is 2. The highest BCUT2D eigenvalue weighted by atomic mass is 15.1. The maximum Gasteiger partial charge on any atom is 0.0535 e. The molecular formula is C12H21N3. The Morgan fingerprint density at radius 2 is 2.07 bits per heavy atom. The third kappa shape index (κ3) is 3.06. The van der Waals surface area contributed by atoms with Gasteiger partial charge in [-0.1, -0.05) is 25.7 Å². The average Bonchev–Trinajstić information content (AvgIpc) is 2.53. The molecule has 1 heterocycles. The van der Waals surface area contributed by atoms with Crippen molar-refractivity contribution in [3.8, 4) is 0 Å². The maximum atomic E-state index is 4.04. The van der Waals surface area contributed by atoms with Crippen LogP contribution < -0.4 is 5.32 Å². The Labute approximate surface area is 91.7 Å². The molecule has 0 spiro atoms. The van der Waals surface area contributed by atoms with Crippen LogP contribution in [-0.2, 0) is 6.54 Å². The summed E-state index contributed by atoms with van der Waals surface area (Å²) in [5.41, 5.74) is 2.50. The monoisotopic (exact) mass is 207 g/mol. The molecule has 1 aliphatic carbocycles. The zero-order valence-electron chi connectivity index (χ0n) is 9.55. The number of rotatable bonds is 3. The Morgan fingerprint density at radius 3 is 2.67 bits per heavy atom. The smallest absolute Gasteiger partial charge is 0.0535 e. The van der Waals surface area contributed by atoms with Crippen LogP contribution in [0, 0.1) is 6.92 Å². The van der Waals surface area contributed by atoms with Crippen LogP contribution in [0.4, 0.5) is 0 Å². The fourth-order valence-corrected chi connectivity index (χ4v) is 2.29. The quantitative estimate of drug-likeness (QED) is 0.748. The van der Waals surface area contributed by atoms with Crippen molar-refractivity contribution in [2.24, 2.45) is 0 Å². The van der Waals surface area contributed by atoms with E-state index >= 15 is 0 Å². The van der Waals surface area contributed by atoms with Crippen LogP contribution in [0.15, 0.2) is 6.20 Å². The first kappa shape index (κ1) is 10.7. The van der Waals surface area contributed by atoms with Gasteiger partial charge in [0.1, 0.15) is 0 Å². The topological polar surface area (TPSA) is 40.7 Å². The SMILES string of the molecule is Cc1[nH]ncc1CNC1CCCCCC1. The van der Waals surface area contributed by atoms with Gasteiger partial charge in [0.15, 0.2) is 0 Å². The largest absolute Gasteiger partial charge is 0.310 e. The second-order valence-corrected chi connectivity index (χ2v) is 4.59. The van der Waals surface area contributed by atoms with Gasteiger partial charge in [-0.2, -0.15) is 5.10 Å². The van der Waals surface area contributed by atoms with Gasteiger partial charge in [-0.05, 0) is 19.8 Å². The molecule has 0 radical (unpaired) electrons. The molecule has 0 aliphatic heterocycles. The van der Waals surface area contributed by atoms with E-state index in [1.165, 1.54) is 49.8 Å². The first-order valence-corrected chi connectivity index (χ1v) is 6.08. The Hall–Kier alpha value is -0.830. The summed E-state index contributed by atoms with van der Waals surface area (Å²) in [5, 5.41) is 10.7. The van der Waals surface area contributed by atoms with Gasteiger partial charge in [0.2, 0.25) is 0 Å². The molecule has 3 heteroatoms. The third-order valence-corrected chi connectivity index (χ3v) is 3.37. The number of aromatic amines is 1. The molecule has 0 unspecified atom stereocenters. The van der Waals surface area contributed by atoms with E-state index in [9.17, 15) is 0 Å². The van der Waals surface area contributed by atoms with Crippen LogP contribution in [-0.4, -0.2) is 16.2 Å². The molecule has 1 aromatic heterocycles. The summed E-state index contributed by atoms with van der Waals surface area (Å²) in [6, 6.07) is 0.724. The second-order valence-electron chi connectivity index (χ2n) is 4.59. The predicted octanol–water partition coefficient (Wildman–Crippen LogP) is 2.53. The lowest BCUT2D eigenvalue weighted by molar-refractivity contribution is 0.458. The van der Waals surface area contributed by atoms with E-state index in [0.717, 1.165) is 12.6 Å². The predicted molar refractivity (Wildman–Crippen MR) is 61.7 cm³/mol. The molecule has 0 atom stereocenters. The van der Waals surface area contributed by atoms with E-state index < -0.39 is 0 Å². The first-order chi connectivity index (χ1) is 7.36. The van der Waals surface area contributed by atoms with Crippen LogP contribution >= 0.6 is 0 Å². The van der Waals surface area contributed by atoms with Gasteiger partial charge >= 0.3 is 0 Å². The molecule has 1 aliphatic rings. The van der Waals surface area contributed by atoms with Crippen molar-refractivity contribution in [2.45, 2.75) is 58.0 Å². The van der Waals surface area contributed by atoms with Gasteiger partial charge in [0.25, 0.3) is 0 Å². The zero-order valence-corrected chi connectivity index (χ0v) is 9.55. The molecule has 2 rings (SSSR count). The summed E-state index contributed by atoms with van der Waals surface area (Å²) in [6.07, 6.45) is 10.2. The standard InChI is InChI=1S/C12H21N3/c1-10-11(9-14-15-10)8-13-12-6-4-2-3-5-7-12/h9,12-13H,2-8H2,1H3,(H,14,15). The van der Waals surface area contributed by atoms with Gasteiger partial charge in [-0.15, -0.1) is 0 Å². The highest BCUT2D eigenvalue weighted by Crippen LogP contribution is 2.17. The average molecular weight is 207 g/mol. The van der Waals surface area contributed by atoms with Gasteiger partial charge in [-0.25, -0.2) is 0 Å². The number of H-pyrrole nitrogens is 1. The van der Waals surface area contributed by atoms with Crippen molar-refractivity contribution in [1.29, 1.82) is 0 Å². The molecule has 2 N–H and O–H groups in total. The molecule has 0 saturated heterocycles. The van der Waals surface area contributed by atoms with Crippen molar-refractivity contribution < 1.29 is 0 Å². The Balaban J connectivity index is 1.79. The molecule has 15 heavy (non-hydrogen) atoms. The van der Waals surface area contributed by atoms with E-state index in [2.05, 4.69) is 22.4 Å². The van der Waals surface area contributed by atoms with Crippen LogP contribution in [0.1, 0.15) is 49.8 Å². The van der Waals surface area contributed by atoms with Crippen LogP contribution in [0.3, 0.4) is 0 Å². The Bertz CT molecular complexity index is 285. The molecule has 0 bridgehead atoms. The summed E-state index contributed by atoms with van der Waals surface area (Å²) in [5.74, 6) is 0. The number of aryl methyl sites for hydroxylation is 1.